The molecule has 0 saturated heterocycles. The standard InChI is InChI=1S/C34H31ClN4O8S/c1-17-13-22(40)27(31(42)34(17)32(43)28-23(44-2)15-24(45-3)29(35)30(28)46-34)21(18-5-7-20(48-4)8-6-18)14-25(41)37-16-26-38-33(39-47-26)19-9-11-36-12-10-19/h5-12,15,17,21,42H,13-14,16H2,1-4H3,(H,37,41)/t17-,21?,34+/m1/s1. The first-order valence-corrected chi connectivity index (χ1v) is 16.5. The first kappa shape index (κ1) is 33.0. The van der Waals surface area contributed by atoms with Crippen LogP contribution in [0.25, 0.3) is 11.4 Å². The molecule has 6 rings (SSSR count). The van der Waals surface area contributed by atoms with Gasteiger partial charge in [0.1, 0.15) is 22.1 Å². The molecule has 0 radical (unpaired) electrons. The molecular formula is C34H31ClN4O8S. The lowest BCUT2D eigenvalue weighted by Gasteiger charge is -2.38. The van der Waals surface area contributed by atoms with Crippen LogP contribution in [0.1, 0.15) is 47.5 Å². The van der Waals surface area contributed by atoms with E-state index < -0.39 is 40.7 Å². The van der Waals surface area contributed by atoms with Crippen molar-refractivity contribution in [3.63, 3.8) is 0 Å². The molecule has 2 N–H and O–H groups in total. The van der Waals surface area contributed by atoms with Gasteiger partial charge in [-0.05, 0) is 36.1 Å². The number of aromatic nitrogens is 3. The van der Waals surface area contributed by atoms with Crippen molar-refractivity contribution in [1.82, 2.24) is 20.4 Å². The zero-order valence-corrected chi connectivity index (χ0v) is 28.0. The van der Waals surface area contributed by atoms with E-state index in [-0.39, 0.29) is 58.7 Å². The number of Topliss-reactive ketones (excluding diaryl/α,β-unsaturated/α-hetero) is 2. The number of nitrogens with one attached hydrogen (secondary N) is 1. The van der Waals surface area contributed by atoms with E-state index in [1.807, 2.05) is 18.4 Å². The summed E-state index contributed by atoms with van der Waals surface area (Å²) in [6.07, 6.45) is 4.74. The van der Waals surface area contributed by atoms with Gasteiger partial charge in [-0.25, -0.2) is 0 Å². The maximum atomic E-state index is 14.3. The van der Waals surface area contributed by atoms with Gasteiger partial charge in [0.2, 0.25) is 29.0 Å². The maximum Gasteiger partial charge on any atom is 0.246 e. The second-order valence-electron chi connectivity index (χ2n) is 11.3. The summed E-state index contributed by atoms with van der Waals surface area (Å²) in [4.78, 5) is 50.9. The number of nitrogens with zero attached hydrogens (tertiary/aromatic N) is 3. The van der Waals surface area contributed by atoms with E-state index in [1.165, 1.54) is 32.0 Å². The number of ketones is 2. The van der Waals surface area contributed by atoms with Crippen LogP contribution in [-0.2, 0) is 16.1 Å². The van der Waals surface area contributed by atoms with E-state index in [0.717, 1.165) is 4.90 Å². The molecule has 1 aliphatic heterocycles. The topological polar surface area (TPSA) is 163 Å². The summed E-state index contributed by atoms with van der Waals surface area (Å²) >= 11 is 8.12. The Labute approximate surface area is 284 Å². The van der Waals surface area contributed by atoms with Crippen LogP contribution < -0.4 is 19.5 Å². The number of benzene rings is 2. The average Bonchev–Trinajstić information content (AvgIpc) is 3.71. The number of pyridine rings is 1. The number of allylic oxidation sites excluding steroid dienone is 1. The average molecular weight is 691 g/mol. The quantitative estimate of drug-likeness (QED) is 0.194. The molecule has 14 heteroatoms. The highest BCUT2D eigenvalue weighted by Gasteiger charge is 2.61. The van der Waals surface area contributed by atoms with Gasteiger partial charge in [0.25, 0.3) is 0 Å². The molecule has 2 aliphatic rings. The zero-order valence-electron chi connectivity index (χ0n) is 26.4. The van der Waals surface area contributed by atoms with Gasteiger partial charge < -0.3 is 29.2 Å². The number of hydrogen-bond donors (Lipinski definition) is 2. The van der Waals surface area contributed by atoms with E-state index >= 15 is 0 Å². The molecule has 3 heterocycles. The van der Waals surface area contributed by atoms with Crippen LogP contribution in [0.5, 0.6) is 17.2 Å². The van der Waals surface area contributed by atoms with Crippen LogP contribution in [-0.4, -0.2) is 63.8 Å². The van der Waals surface area contributed by atoms with E-state index in [0.29, 0.717) is 17.0 Å². The lowest BCUT2D eigenvalue weighted by molar-refractivity contribution is -0.122. The lowest BCUT2D eigenvalue weighted by atomic mass is 9.69. The van der Waals surface area contributed by atoms with Crippen molar-refractivity contribution in [3.8, 4) is 28.6 Å². The number of ether oxygens (including phenoxy) is 3. The van der Waals surface area contributed by atoms with Gasteiger partial charge in [0.15, 0.2) is 17.3 Å². The molecule has 2 aromatic heterocycles. The number of thioether (sulfide) groups is 1. The second-order valence-corrected chi connectivity index (χ2v) is 12.6. The monoisotopic (exact) mass is 690 g/mol. The third-order valence-corrected chi connectivity index (χ3v) is 9.71. The Morgan fingerprint density at radius 3 is 2.52 bits per heavy atom. The largest absolute Gasteiger partial charge is 0.507 e. The number of fused-ring (bicyclic) bond motifs is 1. The van der Waals surface area contributed by atoms with Crippen molar-refractivity contribution in [2.75, 3.05) is 20.5 Å². The van der Waals surface area contributed by atoms with Crippen molar-refractivity contribution < 1.29 is 38.2 Å². The number of aliphatic hydroxyl groups is 1. The highest BCUT2D eigenvalue weighted by atomic mass is 35.5. The molecular weight excluding hydrogens is 660 g/mol. The predicted molar refractivity (Wildman–Crippen MR) is 176 cm³/mol. The first-order chi connectivity index (χ1) is 23.1. The van der Waals surface area contributed by atoms with Gasteiger partial charge in [-0.15, -0.1) is 11.8 Å². The van der Waals surface area contributed by atoms with E-state index in [1.54, 1.807) is 43.6 Å². The van der Waals surface area contributed by atoms with E-state index in [4.69, 9.17) is 30.3 Å². The van der Waals surface area contributed by atoms with E-state index in [9.17, 15) is 19.5 Å². The predicted octanol–water partition coefficient (Wildman–Crippen LogP) is 5.75. The fourth-order valence-electron chi connectivity index (χ4n) is 6.14. The van der Waals surface area contributed by atoms with Gasteiger partial charge in [-0.1, -0.05) is 35.8 Å². The molecule has 1 amide bonds. The molecule has 248 valence electrons. The molecule has 0 fully saturated rings. The Morgan fingerprint density at radius 2 is 1.85 bits per heavy atom. The molecule has 0 saturated carbocycles. The second kappa shape index (κ2) is 13.3. The maximum absolute atomic E-state index is 14.3. The number of hydrogen-bond acceptors (Lipinski definition) is 12. The fourth-order valence-corrected chi connectivity index (χ4v) is 6.81. The van der Waals surface area contributed by atoms with Gasteiger partial charge in [0, 0.05) is 59.2 Å². The van der Waals surface area contributed by atoms with E-state index in [2.05, 4.69) is 20.4 Å². The Kier molecular flexibility index (Phi) is 9.17. The fraction of sp³-hybridized carbons (Fsp3) is 0.294. The van der Waals surface area contributed by atoms with Crippen LogP contribution in [0.15, 0.2) is 75.6 Å². The van der Waals surface area contributed by atoms with Crippen LogP contribution in [0, 0.1) is 5.92 Å². The van der Waals surface area contributed by atoms with Gasteiger partial charge in [-0.2, -0.15) is 4.98 Å². The number of carbonyl (C=O) groups is 3. The summed E-state index contributed by atoms with van der Waals surface area (Å²) in [6.45, 7) is 1.57. The van der Waals surface area contributed by atoms with Crippen LogP contribution in [0.4, 0.5) is 0 Å². The third kappa shape index (κ3) is 5.66. The van der Waals surface area contributed by atoms with Crippen molar-refractivity contribution in [3.05, 3.63) is 88.2 Å². The van der Waals surface area contributed by atoms with Gasteiger partial charge in [-0.3, -0.25) is 19.4 Å². The summed E-state index contributed by atoms with van der Waals surface area (Å²) in [5.41, 5.74) is -0.776. The SMILES string of the molecule is COc1cc(OC)c2c(c1Cl)O[C@]1(C2=O)C(O)=C(C(CC(=O)NCc2nc(-c3ccncc3)no2)c2ccc(SC)cc2)C(=O)C[C@H]1C. The Morgan fingerprint density at radius 1 is 1.15 bits per heavy atom. The van der Waals surface area contributed by atoms with Crippen molar-refractivity contribution >= 4 is 40.8 Å². The minimum absolute atomic E-state index is 0.0192. The molecule has 0 bridgehead atoms. The summed E-state index contributed by atoms with van der Waals surface area (Å²) < 4.78 is 22.4. The van der Waals surface area contributed by atoms with Crippen LogP contribution in [0.2, 0.25) is 5.02 Å². The zero-order chi connectivity index (χ0) is 34.2. The molecule has 48 heavy (non-hydrogen) atoms. The highest BCUT2D eigenvalue weighted by Crippen LogP contribution is 2.55. The number of aliphatic hydroxyl groups excluding tert-OH is 1. The third-order valence-electron chi connectivity index (χ3n) is 8.61. The molecule has 1 aliphatic carbocycles. The Bertz CT molecular complexity index is 1930. The van der Waals surface area contributed by atoms with Crippen LogP contribution >= 0.6 is 23.4 Å². The number of methoxy groups -OCH3 is 2. The van der Waals surface area contributed by atoms with Crippen molar-refractivity contribution in [2.45, 2.75) is 42.7 Å². The molecule has 3 atom stereocenters. The number of halogens is 1. The summed E-state index contributed by atoms with van der Waals surface area (Å²) in [7, 11) is 2.80. The summed E-state index contributed by atoms with van der Waals surface area (Å²) in [5.74, 6) is -2.97. The summed E-state index contributed by atoms with van der Waals surface area (Å²) in [5, 5.41) is 18.8. The molecule has 1 unspecified atom stereocenters. The van der Waals surface area contributed by atoms with Crippen LogP contribution in [0.3, 0.4) is 0 Å². The molecule has 4 aromatic rings. The van der Waals surface area contributed by atoms with Crippen molar-refractivity contribution in [2.24, 2.45) is 5.92 Å². The van der Waals surface area contributed by atoms with Gasteiger partial charge in [0.05, 0.1) is 20.8 Å². The molecule has 12 nitrogen and oxygen atoms in total. The first-order valence-electron chi connectivity index (χ1n) is 14.9. The lowest BCUT2D eigenvalue weighted by Crippen LogP contribution is -2.53. The minimum atomic E-state index is -1.99. The smallest absolute Gasteiger partial charge is 0.246 e. The Balaban J connectivity index is 1.36. The summed E-state index contributed by atoms with van der Waals surface area (Å²) in [6, 6.07) is 12.2. The van der Waals surface area contributed by atoms with Gasteiger partial charge >= 0.3 is 0 Å². The number of rotatable bonds is 10. The number of carbonyl (C=O) groups excluding carboxylic acids is 3. The highest BCUT2D eigenvalue weighted by molar-refractivity contribution is 7.98. The normalized spacial score (nSPS) is 19.2. The number of amides is 1. The van der Waals surface area contributed by atoms with Crippen molar-refractivity contribution in [1.29, 1.82) is 0 Å². The Hall–Kier alpha value is -4.88. The molecule has 1 spiro atoms. The minimum Gasteiger partial charge on any atom is -0.507 e. The molecule has 2 aromatic carbocycles.